The summed E-state index contributed by atoms with van der Waals surface area (Å²) in [7, 11) is 0. The van der Waals surface area contributed by atoms with Gasteiger partial charge in [0.05, 0.1) is 5.60 Å². The molecule has 0 aliphatic heterocycles. The largest absolute Gasteiger partial charge is 0.385 e. The van der Waals surface area contributed by atoms with Gasteiger partial charge in [0.15, 0.2) is 0 Å². The lowest BCUT2D eigenvalue weighted by Crippen LogP contribution is -2.49. The molecule has 1 nitrogen and oxygen atoms in total. The summed E-state index contributed by atoms with van der Waals surface area (Å²) in [6.07, 6.45) is 4.97. The van der Waals surface area contributed by atoms with Crippen LogP contribution in [0, 0.1) is 16.7 Å². The summed E-state index contributed by atoms with van der Waals surface area (Å²) >= 11 is 4.48. The van der Waals surface area contributed by atoms with Gasteiger partial charge < -0.3 is 5.11 Å². The van der Waals surface area contributed by atoms with E-state index in [2.05, 4.69) is 33.1 Å². The first-order chi connectivity index (χ1) is 6.43. The van der Waals surface area contributed by atoms with E-state index in [1.807, 2.05) is 0 Å². The molecule has 1 N–H and O–H groups in total. The predicted octanol–water partition coefficient (Wildman–Crippen LogP) is 2.66. The van der Waals surface area contributed by atoms with Crippen molar-refractivity contribution in [3.05, 3.63) is 12.7 Å². The molecule has 80 valence electrons. The summed E-state index contributed by atoms with van der Waals surface area (Å²) in [5.74, 6) is 1.40. The van der Waals surface area contributed by atoms with Crippen LogP contribution in [0.2, 0.25) is 0 Å². The first-order valence-electron chi connectivity index (χ1n) is 5.40. The zero-order valence-corrected chi connectivity index (χ0v) is 9.98. The predicted molar refractivity (Wildman–Crippen MR) is 62.6 cm³/mol. The second-order valence-corrected chi connectivity index (χ2v) is 5.85. The van der Waals surface area contributed by atoms with Crippen LogP contribution in [0.1, 0.15) is 33.1 Å². The molecule has 2 bridgehead atoms. The van der Waals surface area contributed by atoms with Gasteiger partial charge in [0.1, 0.15) is 0 Å². The maximum Gasteiger partial charge on any atom is 0.0896 e. The van der Waals surface area contributed by atoms with E-state index in [0.29, 0.717) is 5.92 Å². The summed E-state index contributed by atoms with van der Waals surface area (Å²) in [6.45, 7) is 8.37. The molecule has 0 heterocycles. The van der Waals surface area contributed by atoms with Crippen LogP contribution in [0.4, 0.5) is 0 Å². The highest BCUT2D eigenvalue weighted by atomic mass is 32.1. The van der Waals surface area contributed by atoms with E-state index in [0.717, 1.165) is 18.6 Å². The van der Waals surface area contributed by atoms with E-state index in [-0.39, 0.29) is 10.8 Å². The Bertz CT molecular complexity index is 273. The van der Waals surface area contributed by atoms with Crippen molar-refractivity contribution in [1.29, 1.82) is 0 Å². The van der Waals surface area contributed by atoms with Crippen molar-refractivity contribution in [2.24, 2.45) is 16.7 Å². The third-order valence-electron chi connectivity index (χ3n) is 5.17. The Morgan fingerprint density at radius 1 is 1.57 bits per heavy atom. The van der Waals surface area contributed by atoms with Gasteiger partial charge in [-0.15, -0.1) is 6.58 Å². The van der Waals surface area contributed by atoms with E-state index in [1.165, 1.54) is 6.42 Å². The Kier molecular flexibility index (Phi) is 2.11. The molecule has 0 aromatic heterocycles. The highest BCUT2D eigenvalue weighted by molar-refractivity contribution is 7.80. The summed E-state index contributed by atoms with van der Waals surface area (Å²) < 4.78 is 0. The molecule has 0 radical (unpaired) electrons. The molecule has 0 saturated heterocycles. The Morgan fingerprint density at radius 2 is 2.21 bits per heavy atom. The number of thiol groups is 1. The minimum Gasteiger partial charge on any atom is -0.385 e. The van der Waals surface area contributed by atoms with Gasteiger partial charge in [0.25, 0.3) is 0 Å². The zero-order chi connectivity index (χ0) is 10.6. The number of rotatable bonds is 2. The first kappa shape index (κ1) is 10.6. The van der Waals surface area contributed by atoms with Gasteiger partial charge in [-0.2, -0.15) is 12.6 Å². The molecule has 2 rings (SSSR count). The third kappa shape index (κ3) is 0.873. The fourth-order valence-corrected chi connectivity index (χ4v) is 4.73. The highest BCUT2D eigenvalue weighted by Crippen LogP contribution is 2.70. The van der Waals surface area contributed by atoms with Crippen LogP contribution >= 0.6 is 12.6 Å². The minimum absolute atomic E-state index is 0.0461. The topological polar surface area (TPSA) is 20.2 Å². The Labute approximate surface area is 92.0 Å². The number of aliphatic hydroxyl groups is 1. The standard InChI is InChI=1S/C12H20OS/c1-4-12(13)7-9-5-6-11(12,8-14)10(9,2)3/h4,9,13-14H,1,5-8H2,2-3H3/t9-,11+,12-/m1/s1. The number of fused-ring (bicyclic) bond motifs is 2. The van der Waals surface area contributed by atoms with Gasteiger partial charge in [-0.05, 0) is 36.3 Å². The van der Waals surface area contributed by atoms with Crippen LogP contribution in [0.25, 0.3) is 0 Å². The van der Waals surface area contributed by atoms with Gasteiger partial charge >= 0.3 is 0 Å². The van der Waals surface area contributed by atoms with Gasteiger partial charge in [0, 0.05) is 5.41 Å². The van der Waals surface area contributed by atoms with Crippen LogP contribution in [-0.4, -0.2) is 16.5 Å². The van der Waals surface area contributed by atoms with Gasteiger partial charge in [-0.25, -0.2) is 0 Å². The van der Waals surface area contributed by atoms with Crippen molar-refractivity contribution >= 4 is 12.6 Å². The molecule has 2 aliphatic carbocycles. The van der Waals surface area contributed by atoms with Crippen molar-refractivity contribution in [1.82, 2.24) is 0 Å². The highest BCUT2D eigenvalue weighted by Gasteiger charge is 2.68. The van der Waals surface area contributed by atoms with E-state index in [9.17, 15) is 5.11 Å². The Morgan fingerprint density at radius 3 is 2.57 bits per heavy atom. The molecular formula is C12H20OS. The van der Waals surface area contributed by atoms with Gasteiger partial charge in [-0.3, -0.25) is 0 Å². The monoisotopic (exact) mass is 212 g/mol. The molecule has 0 aromatic carbocycles. The SMILES string of the molecule is C=C[C@@]1(O)C[C@H]2CC[C@]1(CS)C2(C)C. The Hall–Kier alpha value is 0.0500. The van der Waals surface area contributed by atoms with E-state index in [1.54, 1.807) is 6.08 Å². The lowest BCUT2D eigenvalue weighted by molar-refractivity contribution is -0.0469. The minimum atomic E-state index is -0.679. The van der Waals surface area contributed by atoms with Crippen molar-refractivity contribution in [3.8, 4) is 0 Å². The summed E-state index contributed by atoms with van der Waals surface area (Å²) in [5.41, 5.74) is -0.519. The average Bonchev–Trinajstić information content (AvgIpc) is 2.49. The average molecular weight is 212 g/mol. The third-order valence-corrected chi connectivity index (χ3v) is 5.71. The van der Waals surface area contributed by atoms with Crippen molar-refractivity contribution in [2.45, 2.75) is 38.7 Å². The molecule has 0 amide bonds. The van der Waals surface area contributed by atoms with Crippen molar-refractivity contribution < 1.29 is 5.11 Å². The second-order valence-electron chi connectivity index (χ2n) is 5.53. The molecule has 0 aromatic rings. The summed E-state index contributed by atoms with van der Waals surface area (Å²) in [5, 5.41) is 10.6. The van der Waals surface area contributed by atoms with E-state index in [4.69, 9.17) is 0 Å². The lowest BCUT2D eigenvalue weighted by Gasteiger charge is -2.45. The quantitative estimate of drug-likeness (QED) is 0.532. The summed E-state index contributed by atoms with van der Waals surface area (Å²) in [6, 6.07) is 0. The van der Waals surface area contributed by atoms with E-state index >= 15 is 0 Å². The van der Waals surface area contributed by atoms with Gasteiger partial charge in [-0.1, -0.05) is 19.9 Å². The smallest absolute Gasteiger partial charge is 0.0896 e. The van der Waals surface area contributed by atoms with Crippen LogP contribution in [0.5, 0.6) is 0 Å². The molecule has 0 unspecified atom stereocenters. The molecule has 2 heteroatoms. The normalized spacial score (nSPS) is 49.6. The maximum atomic E-state index is 10.6. The van der Waals surface area contributed by atoms with Crippen LogP contribution in [0.3, 0.4) is 0 Å². The van der Waals surface area contributed by atoms with Crippen molar-refractivity contribution in [3.63, 3.8) is 0 Å². The Balaban J connectivity index is 2.51. The van der Waals surface area contributed by atoms with E-state index < -0.39 is 5.60 Å². The zero-order valence-electron chi connectivity index (χ0n) is 9.08. The molecule has 0 spiro atoms. The van der Waals surface area contributed by atoms with Crippen molar-refractivity contribution in [2.75, 3.05) is 5.75 Å². The molecular weight excluding hydrogens is 192 g/mol. The first-order valence-corrected chi connectivity index (χ1v) is 6.04. The number of hydrogen-bond donors (Lipinski definition) is 2. The molecule has 2 fully saturated rings. The van der Waals surface area contributed by atoms with Crippen LogP contribution in [0.15, 0.2) is 12.7 Å². The lowest BCUT2D eigenvalue weighted by atomic mass is 9.64. The van der Waals surface area contributed by atoms with Crippen LogP contribution in [-0.2, 0) is 0 Å². The van der Waals surface area contributed by atoms with Gasteiger partial charge in [0.2, 0.25) is 0 Å². The fraction of sp³-hybridized carbons (Fsp3) is 0.833. The van der Waals surface area contributed by atoms with Crippen LogP contribution < -0.4 is 0 Å². The molecule has 2 aliphatic rings. The maximum absolute atomic E-state index is 10.6. The molecule has 14 heavy (non-hydrogen) atoms. The second kappa shape index (κ2) is 2.79. The number of hydrogen-bond acceptors (Lipinski definition) is 2. The fourth-order valence-electron chi connectivity index (χ4n) is 3.90. The molecule has 2 saturated carbocycles. The molecule has 3 atom stereocenters. The summed E-state index contributed by atoms with van der Waals surface area (Å²) in [4.78, 5) is 0.